The van der Waals surface area contributed by atoms with E-state index in [4.69, 9.17) is 0 Å². The average Bonchev–Trinajstić information content (AvgIpc) is 2.47. The third-order valence-electron chi connectivity index (χ3n) is 2.33. The lowest BCUT2D eigenvalue weighted by Gasteiger charge is -1.84. The smallest absolute Gasteiger partial charge is 0.0348 e. The van der Waals surface area contributed by atoms with Crippen molar-refractivity contribution in [2.24, 2.45) is 0 Å². The first-order chi connectivity index (χ1) is 9.91. The standard InChI is InChI=1S/C20H26/c1-3-5-7-9-11-13-15-17-19-20-18-16-14-12-10-8-6-4-2/h3,5,7,9-20H,1,4,6,8H2,2H3. The first-order valence-electron chi connectivity index (χ1n) is 7.19. The second-order valence-electron chi connectivity index (χ2n) is 4.12. The molecule has 0 aliphatic heterocycles. The minimum Gasteiger partial charge on any atom is -0.0991 e. The van der Waals surface area contributed by atoms with Gasteiger partial charge in [0.25, 0.3) is 0 Å². The van der Waals surface area contributed by atoms with Gasteiger partial charge in [-0.15, -0.1) is 0 Å². The maximum atomic E-state index is 3.60. The van der Waals surface area contributed by atoms with E-state index in [1.165, 1.54) is 19.3 Å². The van der Waals surface area contributed by atoms with Crippen molar-refractivity contribution in [3.8, 4) is 0 Å². The summed E-state index contributed by atoms with van der Waals surface area (Å²) in [6, 6.07) is 0. The largest absolute Gasteiger partial charge is 0.0991 e. The van der Waals surface area contributed by atoms with Crippen LogP contribution < -0.4 is 0 Å². The van der Waals surface area contributed by atoms with Gasteiger partial charge in [-0.3, -0.25) is 0 Å². The van der Waals surface area contributed by atoms with Gasteiger partial charge in [-0.25, -0.2) is 0 Å². The molecule has 0 rings (SSSR count). The summed E-state index contributed by atoms with van der Waals surface area (Å²) in [5, 5.41) is 0. The molecular formula is C20H26. The van der Waals surface area contributed by atoms with Gasteiger partial charge in [0, 0.05) is 0 Å². The summed E-state index contributed by atoms with van der Waals surface area (Å²) in [5.74, 6) is 0. The molecule has 106 valence electrons. The van der Waals surface area contributed by atoms with Gasteiger partial charge in [0.2, 0.25) is 0 Å². The maximum Gasteiger partial charge on any atom is -0.0348 e. The fourth-order valence-electron chi connectivity index (χ4n) is 1.28. The molecule has 0 aliphatic carbocycles. The summed E-state index contributed by atoms with van der Waals surface area (Å²) in [6.07, 6.45) is 33.7. The summed E-state index contributed by atoms with van der Waals surface area (Å²) in [5.41, 5.74) is 0. The van der Waals surface area contributed by atoms with Gasteiger partial charge in [0.1, 0.15) is 0 Å². The first-order valence-corrected chi connectivity index (χ1v) is 7.19. The van der Waals surface area contributed by atoms with Crippen LogP contribution in [0.1, 0.15) is 26.2 Å². The SMILES string of the molecule is C=CC=CC=CC=CC=CC=CC=CC=CCCCC. The molecule has 0 aromatic rings. The molecular weight excluding hydrogens is 240 g/mol. The molecule has 0 nitrogen and oxygen atoms in total. The second kappa shape index (κ2) is 16.9. The molecule has 0 bridgehead atoms. The van der Waals surface area contributed by atoms with Crippen LogP contribution in [0.2, 0.25) is 0 Å². The number of unbranched alkanes of at least 4 members (excludes halogenated alkanes) is 2. The zero-order valence-corrected chi connectivity index (χ0v) is 12.5. The predicted molar refractivity (Wildman–Crippen MR) is 93.7 cm³/mol. The van der Waals surface area contributed by atoms with Crippen molar-refractivity contribution in [1.82, 2.24) is 0 Å². The average molecular weight is 266 g/mol. The molecule has 0 heteroatoms. The van der Waals surface area contributed by atoms with Crippen LogP contribution >= 0.6 is 0 Å². The Kier molecular flexibility index (Phi) is 15.2. The third kappa shape index (κ3) is 15.9. The quantitative estimate of drug-likeness (QED) is 0.323. The Morgan fingerprint density at radius 1 is 0.600 bits per heavy atom. The van der Waals surface area contributed by atoms with Crippen LogP contribution in [0.15, 0.2) is 97.7 Å². The fraction of sp³-hybridized carbons (Fsp3) is 0.200. The molecule has 0 radical (unpaired) electrons. The normalized spacial score (nSPS) is 13.7. The van der Waals surface area contributed by atoms with Gasteiger partial charge in [-0.2, -0.15) is 0 Å². The Bertz CT molecular complexity index is 409. The van der Waals surface area contributed by atoms with Gasteiger partial charge >= 0.3 is 0 Å². The molecule has 0 unspecified atom stereocenters. The van der Waals surface area contributed by atoms with E-state index in [1.807, 2.05) is 66.8 Å². The molecule has 0 saturated heterocycles. The summed E-state index contributed by atoms with van der Waals surface area (Å²) >= 11 is 0. The van der Waals surface area contributed by atoms with Crippen molar-refractivity contribution in [1.29, 1.82) is 0 Å². The van der Waals surface area contributed by atoms with Crippen molar-refractivity contribution < 1.29 is 0 Å². The maximum absolute atomic E-state index is 3.60. The van der Waals surface area contributed by atoms with Gasteiger partial charge in [-0.1, -0.05) is 117 Å². The Hall–Kier alpha value is -2.08. The zero-order valence-electron chi connectivity index (χ0n) is 12.5. The van der Waals surface area contributed by atoms with Crippen LogP contribution in [-0.2, 0) is 0 Å². The lowest BCUT2D eigenvalue weighted by atomic mass is 10.2. The minimum absolute atomic E-state index is 1.17. The van der Waals surface area contributed by atoms with E-state index in [0.29, 0.717) is 0 Å². The molecule has 0 spiro atoms. The lowest BCUT2D eigenvalue weighted by molar-refractivity contribution is 0.815. The monoisotopic (exact) mass is 266 g/mol. The second-order valence-corrected chi connectivity index (χ2v) is 4.12. The minimum atomic E-state index is 1.17. The van der Waals surface area contributed by atoms with E-state index < -0.39 is 0 Å². The van der Waals surface area contributed by atoms with E-state index in [9.17, 15) is 0 Å². The molecule has 0 aromatic carbocycles. The molecule has 0 aromatic heterocycles. The van der Waals surface area contributed by atoms with Gasteiger partial charge < -0.3 is 0 Å². The van der Waals surface area contributed by atoms with Crippen molar-refractivity contribution in [3.63, 3.8) is 0 Å². The first kappa shape index (κ1) is 17.9. The number of hydrogen-bond acceptors (Lipinski definition) is 0. The number of hydrogen-bond donors (Lipinski definition) is 0. The summed E-state index contributed by atoms with van der Waals surface area (Å²) < 4.78 is 0. The highest BCUT2D eigenvalue weighted by atomic mass is 13.8. The van der Waals surface area contributed by atoms with Crippen LogP contribution in [0.5, 0.6) is 0 Å². The van der Waals surface area contributed by atoms with Gasteiger partial charge in [-0.05, 0) is 6.42 Å². The van der Waals surface area contributed by atoms with E-state index in [-0.39, 0.29) is 0 Å². The van der Waals surface area contributed by atoms with Crippen molar-refractivity contribution in [2.75, 3.05) is 0 Å². The van der Waals surface area contributed by atoms with Crippen molar-refractivity contribution in [2.45, 2.75) is 26.2 Å². The lowest BCUT2D eigenvalue weighted by Crippen LogP contribution is -1.64. The van der Waals surface area contributed by atoms with Crippen LogP contribution in [0.25, 0.3) is 0 Å². The molecule has 0 aliphatic rings. The molecule has 0 fully saturated rings. The molecule has 0 atom stereocenters. The van der Waals surface area contributed by atoms with Gasteiger partial charge in [0.15, 0.2) is 0 Å². The molecule has 0 N–H and O–H groups in total. The highest BCUT2D eigenvalue weighted by Crippen LogP contribution is 1.94. The summed E-state index contributed by atoms with van der Waals surface area (Å²) in [4.78, 5) is 0. The Morgan fingerprint density at radius 3 is 1.40 bits per heavy atom. The summed E-state index contributed by atoms with van der Waals surface area (Å²) in [6.45, 7) is 5.81. The highest BCUT2D eigenvalue weighted by Gasteiger charge is 1.74. The van der Waals surface area contributed by atoms with E-state index in [1.54, 1.807) is 6.08 Å². The topological polar surface area (TPSA) is 0 Å². The molecule has 0 heterocycles. The summed E-state index contributed by atoms with van der Waals surface area (Å²) in [7, 11) is 0. The predicted octanol–water partition coefficient (Wildman–Crippen LogP) is 6.26. The molecule has 20 heavy (non-hydrogen) atoms. The highest BCUT2D eigenvalue weighted by molar-refractivity contribution is 5.21. The van der Waals surface area contributed by atoms with Crippen LogP contribution in [0.3, 0.4) is 0 Å². The van der Waals surface area contributed by atoms with Crippen molar-refractivity contribution >= 4 is 0 Å². The van der Waals surface area contributed by atoms with E-state index >= 15 is 0 Å². The fourth-order valence-corrected chi connectivity index (χ4v) is 1.28. The van der Waals surface area contributed by atoms with Crippen LogP contribution in [-0.4, -0.2) is 0 Å². The molecule has 0 saturated carbocycles. The van der Waals surface area contributed by atoms with Crippen LogP contribution in [0, 0.1) is 0 Å². The van der Waals surface area contributed by atoms with E-state index in [2.05, 4.69) is 31.7 Å². The Labute approximate surface area is 124 Å². The van der Waals surface area contributed by atoms with E-state index in [0.717, 1.165) is 0 Å². The number of allylic oxidation sites excluding steroid dienone is 15. The zero-order chi connectivity index (χ0) is 14.7. The Balaban J connectivity index is 3.75. The van der Waals surface area contributed by atoms with Crippen LogP contribution in [0.4, 0.5) is 0 Å². The van der Waals surface area contributed by atoms with Gasteiger partial charge in [0.05, 0.1) is 0 Å². The molecule has 0 amide bonds. The number of rotatable bonds is 10. The van der Waals surface area contributed by atoms with Crippen molar-refractivity contribution in [3.05, 3.63) is 97.7 Å². The third-order valence-corrected chi connectivity index (χ3v) is 2.33. The Morgan fingerprint density at radius 2 is 1.00 bits per heavy atom.